The number of amides is 1. The van der Waals surface area contributed by atoms with Crippen molar-refractivity contribution in [1.29, 1.82) is 0 Å². The highest BCUT2D eigenvalue weighted by Gasteiger charge is 2.21. The van der Waals surface area contributed by atoms with Gasteiger partial charge in [0.15, 0.2) is 0 Å². The first-order valence-electron chi connectivity index (χ1n) is 7.85. The lowest BCUT2D eigenvalue weighted by atomic mass is 10.1. The van der Waals surface area contributed by atoms with Gasteiger partial charge in [0, 0.05) is 6.04 Å². The van der Waals surface area contributed by atoms with Crippen molar-refractivity contribution in [3.8, 4) is 0 Å². The largest absolute Gasteiger partial charge is 0.394 e. The summed E-state index contributed by atoms with van der Waals surface area (Å²) in [5.74, 6) is -0.458. The van der Waals surface area contributed by atoms with E-state index in [9.17, 15) is 13.2 Å². The number of sulfonamides is 1. The lowest BCUT2D eigenvalue weighted by molar-refractivity contribution is 0.0923. The van der Waals surface area contributed by atoms with E-state index in [0.717, 1.165) is 5.56 Å². The number of hydrogen-bond donors (Lipinski definition) is 3. The van der Waals surface area contributed by atoms with Crippen molar-refractivity contribution in [2.24, 2.45) is 0 Å². The van der Waals surface area contributed by atoms with E-state index in [2.05, 4.69) is 10.0 Å². The normalized spacial score (nSPS) is 12.5. The molecule has 7 heteroatoms. The summed E-state index contributed by atoms with van der Waals surface area (Å²) < 4.78 is 28.0. The summed E-state index contributed by atoms with van der Waals surface area (Å²) in [7, 11) is -3.84. The Balaban J connectivity index is 2.37. The maximum absolute atomic E-state index is 12.7. The van der Waals surface area contributed by atoms with Gasteiger partial charge in [-0.15, -0.1) is 0 Å². The molecule has 0 aliphatic carbocycles. The molecule has 0 aliphatic rings. The summed E-state index contributed by atoms with van der Waals surface area (Å²) in [6.45, 7) is 4.98. The molecule has 0 saturated heterocycles. The first-order valence-corrected chi connectivity index (χ1v) is 9.33. The lowest BCUT2D eigenvalue weighted by Crippen LogP contribution is -2.35. The number of rotatable bonds is 6. The van der Waals surface area contributed by atoms with Gasteiger partial charge >= 0.3 is 0 Å². The number of para-hydroxylation sites is 1. The van der Waals surface area contributed by atoms with E-state index < -0.39 is 22.0 Å². The van der Waals surface area contributed by atoms with Gasteiger partial charge in [0.25, 0.3) is 15.9 Å². The van der Waals surface area contributed by atoms with Gasteiger partial charge < -0.3 is 10.4 Å². The van der Waals surface area contributed by atoms with Crippen LogP contribution in [-0.2, 0) is 10.0 Å². The molecular formula is C18H22N2O4S. The van der Waals surface area contributed by atoms with Gasteiger partial charge in [-0.1, -0.05) is 24.3 Å². The molecule has 2 aromatic rings. The lowest BCUT2D eigenvalue weighted by Gasteiger charge is -2.16. The zero-order valence-electron chi connectivity index (χ0n) is 14.4. The second kappa shape index (κ2) is 7.67. The van der Waals surface area contributed by atoms with Crippen molar-refractivity contribution in [3.05, 3.63) is 59.2 Å². The van der Waals surface area contributed by atoms with Gasteiger partial charge in [-0.25, -0.2) is 8.42 Å². The molecule has 0 aromatic heterocycles. The Hall–Kier alpha value is -2.38. The summed E-state index contributed by atoms with van der Waals surface area (Å²) in [5.41, 5.74) is 1.82. The zero-order chi connectivity index (χ0) is 18.6. The maximum Gasteiger partial charge on any atom is 0.262 e. The van der Waals surface area contributed by atoms with Crippen LogP contribution in [0.5, 0.6) is 0 Å². The molecule has 0 radical (unpaired) electrons. The van der Waals surface area contributed by atoms with Crippen molar-refractivity contribution in [3.63, 3.8) is 0 Å². The molecule has 2 rings (SSSR count). The predicted octanol–water partition coefficient (Wildman–Crippen LogP) is 2.21. The van der Waals surface area contributed by atoms with Crippen LogP contribution in [-0.4, -0.2) is 32.1 Å². The molecule has 25 heavy (non-hydrogen) atoms. The summed E-state index contributed by atoms with van der Waals surface area (Å²) in [6.07, 6.45) is 0. The van der Waals surface area contributed by atoms with E-state index in [-0.39, 0.29) is 22.8 Å². The highest BCUT2D eigenvalue weighted by atomic mass is 32.2. The number of benzene rings is 2. The predicted molar refractivity (Wildman–Crippen MR) is 97.2 cm³/mol. The third kappa shape index (κ3) is 4.58. The van der Waals surface area contributed by atoms with Crippen LogP contribution in [0.15, 0.2) is 47.4 Å². The molecule has 6 nitrogen and oxygen atoms in total. The fourth-order valence-electron chi connectivity index (χ4n) is 2.31. The van der Waals surface area contributed by atoms with Crippen LogP contribution < -0.4 is 10.0 Å². The van der Waals surface area contributed by atoms with E-state index in [4.69, 9.17) is 5.11 Å². The molecular weight excluding hydrogens is 340 g/mol. The van der Waals surface area contributed by atoms with Gasteiger partial charge in [0.1, 0.15) is 0 Å². The molecule has 0 spiro atoms. The Kier molecular flexibility index (Phi) is 5.81. The fourth-order valence-corrected chi connectivity index (χ4v) is 3.72. The molecule has 1 atom stereocenters. The minimum Gasteiger partial charge on any atom is -0.394 e. The van der Waals surface area contributed by atoms with Gasteiger partial charge in [0.2, 0.25) is 0 Å². The molecule has 0 bridgehead atoms. The molecule has 1 unspecified atom stereocenters. The van der Waals surface area contributed by atoms with Crippen LogP contribution in [0, 0.1) is 13.8 Å². The van der Waals surface area contributed by atoms with E-state index in [1.807, 2.05) is 13.0 Å². The second-order valence-corrected chi connectivity index (χ2v) is 7.63. The minimum atomic E-state index is -3.84. The van der Waals surface area contributed by atoms with Crippen molar-refractivity contribution in [1.82, 2.24) is 5.32 Å². The number of aliphatic hydroxyl groups excluding tert-OH is 1. The van der Waals surface area contributed by atoms with Crippen LogP contribution in [0.4, 0.5) is 5.69 Å². The van der Waals surface area contributed by atoms with Crippen LogP contribution in [0.3, 0.4) is 0 Å². The minimum absolute atomic E-state index is 0.173. The van der Waals surface area contributed by atoms with Gasteiger partial charge in [0.05, 0.1) is 22.8 Å². The van der Waals surface area contributed by atoms with Crippen molar-refractivity contribution in [2.75, 3.05) is 11.3 Å². The van der Waals surface area contributed by atoms with Crippen LogP contribution in [0.1, 0.15) is 28.4 Å². The van der Waals surface area contributed by atoms with E-state index in [0.29, 0.717) is 5.56 Å². The van der Waals surface area contributed by atoms with Crippen molar-refractivity contribution >= 4 is 21.6 Å². The second-order valence-electron chi connectivity index (χ2n) is 5.98. The molecule has 134 valence electrons. The molecule has 0 saturated carbocycles. The molecule has 1 amide bonds. The number of aliphatic hydroxyl groups is 1. The third-order valence-electron chi connectivity index (χ3n) is 3.70. The fraction of sp³-hybridized carbons (Fsp3) is 0.278. The molecule has 3 N–H and O–H groups in total. The number of hydrogen-bond acceptors (Lipinski definition) is 4. The Morgan fingerprint density at radius 1 is 1.16 bits per heavy atom. The van der Waals surface area contributed by atoms with Gasteiger partial charge in [-0.3, -0.25) is 9.52 Å². The zero-order valence-corrected chi connectivity index (χ0v) is 15.2. The molecule has 0 heterocycles. The van der Waals surface area contributed by atoms with Crippen molar-refractivity contribution in [2.45, 2.75) is 31.7 Å². The quantitative estimate of drug-likeness (QED) is 0.734. The molecule has 0 aliphatic heterocycles. The smallest absolute Gasteiger partial charge is 0.262 e. The van der Waals surface area contributed by atoms with E-state index in [1.54, 1.807) is 38.1 Å². The standard InChI is InChI=1S/C18H22N2O4S/c1-12-8-9-13(2)17(10-12)25(23,24)20-16-7-5-4-6-15(16)18(22)19-14(3)11-21/h4-10,14,20-21H,11H2,1-3H3,(H,19,22). The summed E-state index contributed by atoms with van der Waals surface area (Å²) in [5, 5.41) is 11.7. The first kappa shape index (κ1) is 19.0. The van der Waals surface area contributed by atoms with Crippen molar-refractivity contribution < 1.29 is 18.3 Å². The average Bonchev–Trinajstić information content (AvgIpc) is 2.56. The number of carbonyl (C=O) groups is 1. The Morgan fingerprint density at radius 3 is 2.52 bits per heavy atom. The summed E-state index contributed by atoms with van der Waals surface area (Å²) in [4.78, 5) is 12.5. The van der Waals surface area contributed by atoms with Gasteiger partial charge in [-0.2, -0.15) is 0 Å². The highest BCUT2D eigenvalue weighted by Crippen LogP contribution is 2.23. The number of carbonyl (C=O) groups excluding carboxylic acids is 1. The number of anilines is 1. The van der Waals surface area contributed by atoms with Crippen LogP contribution in [0.2, 0.25) is 0 Å². The van der Waals surface area contributed by atoms with Gasteiger partial charge in [-0.05, 0) is 50.1 Å². The summed E-state index contributed by atoms with van der Waals surface area (Å²) >= 11 is 0. The third-order valence-corrected chi connectivity index (χ3v) is 5.21. The SMILES string of the molecule is Cc1ccc(C)c(S(=O)(=O)Nc2ccccc2C(=O)NC(C)CO)c1. The van der Waals surface area contributed by atoms with E-state index >= 15 is 0 Å². The molecule has 2 aromatic carbocycles. The summed E-state index contributed by atoms with van der Waals surface area (Å²) in [6, 6.07) is 11.1. The Morgan fingerprint density at radius 2 is 1.84 bits per heavy atom. The maximum atomic E-state index is 12.7. The first-order chi connectivity index (χ1) is 11.7. The number of nitrogens with one attached hydrogen (secondary N) is 2. The Labute approximate surface area is 147 Å². The average molecular weight is 362 g/mol. The van der Waals surface area contributed by atoms with Crippen LogP contribution in [0.25, 0.3) is 0 Å². The highest BCUT2D eigenvalue weighted by molar-refractivity contribution is 7.92. The van der Waals surface area contributed by atoms with Crippen LogP contribution >= 0.6 is 0 Å². The number of aryl methyl sites for hydroxylation is 2. The molecule has 0 fully saturated rings. The Bertz CT molecular complexity index is 878. The monoisotopic (exact) mass is 362 g/mol. The topological polar surface area (TPSA) is 95.5 Å². The van der Waals surface area contributed by atoms with E-state index in [1.165, 1.54) is 12.1 Å².